The van der Waals surface area contributed by atoms with Crippen molar-refractivity contribution < 1.29 is 22.7 Å². The quantitative estimate of drug-likeness (QED) is 0.274. The molecule has 0 fully saturated rings. The smallest absolute Gasteiger partial charge is 0.264 e. The van der Waals surface area contributed by atoms with Crippen molar-refractivity contribution in [3.63, 3.8) is 0 Å². The summed E-state index contributed by atoms with van der Waals surface area (Å²) in [4.78, 5) is 28.5. The van der Waals surface area contributed by atoms with Crippen LogP contribution in [0.4, 0.5) is 5.69 Å². The van der Waals surface area contributed by atoms with Crippen LogP contribution < -0.4 is 14.4 Å². The number of hydrogen-bond donors (Lipinski definition) is 1. The highest BCUT2D eigenvalue weighted by Gasteiger charge is 2.34. The van der Waals surface area contributed by atoms with Gasteiger partial charge in [0.2, 0.25) is 11.8 Å². The molecule has 0 spiro atoms. The van der Waals surface area contributed by atoms with Gasteiger partial charge in [0.05, 0.1) is 17.7 Å². The van der Waals surface area contributed by atoms with Crippen molar-refractivity contribution in [1.82, 2.24) is 10.2 Å². The number of sulfonamides is 1. The van der Waals surface area contributed by atoms with Crippen LogP contribution in [0.1, 0.15) is 32.8 Å². The highest BCUT2D eigenvalue weighted by atomic mass is 79.9. The first kappa shape index (κ1) is 31.4. The number of methoxy groups -OCH3 is 1. The van der Waals surface area contributed by atoms with E-state index in [0.717, 1.165) is 20.8 Å². The fraction of sp³-hybridized carbons (Fsp3) is 0.310. The van der Waals surface area contributed by atoms with Crippen LogP contribution in [0.15, 0.2) is 82.2 Å². The zero-order valence-electron chi connectivity index (χ0n) is 22.8. The molecule has 8 nitrogen and oxygen atoms in total. The largest absolute Gasteiger partial charge is 0.495 e. The summed E-state index contributed by atoms with van der Waals surface area (Å²) in [6, 6.07) is 18.7. The first-order valence-electron chi connectivity index (χ1n) is 12.7. The summed E-state index contributed by atoms with van der Waals surface area (Å²) in [6.45, 7) is 4.96. The van der Waals surface area contributed by atoms with Gasteiger partial charge in [-0.2, -0.15) is 0 Å². The Labute approximate surface area is 249 Å². The topological polar surface area (TPSA) is 96.0 Å². The molecule has 1 N–H and O–H groups in total. The van der Waals surface area contributed by atoms with Crippen LogP contribution in [-0.2, 0) is 26.2 Å². The molecule has 2 atom stereocenters. The Bertz CT molecular complexity index is 1420. The molecule has 40 heavy (non-hydrogen) atoms. The average molecular weight is 651 g/mol. The third-order valence-electron chi connectivity index (χ3n) is 6.45. The maximum atomic E-state index is 14.0. The van der Waals surface area contributed by atoms with E-state index in [0.29, 0.717) is 0 Å². The van der Waals surface area contributed by atoms with Gasteiger partial charge in [0.25, 0.3) is 10.0 Å². The minimum atomic E-state index is -4.24. The molecule has 0 aliphatic carbocycles. The van der Waals surface area contributed by atoms with Crippen LogP contribution in [0.25, 0.3) is 0 Å². The second-order valence-corrected chi connectivity index (χ2v) is 12.5. The maximum absolute atomic E-state index is 14.0. The molecule has 0 bridgehead atoms. The number of carbonyl (C=O) groups is 2. The predicted molar refractivity (Wildman–Crippen MR) is 161 cm³/mol. The lowest BCUT2D eigenvalue weighted by atomic mass is 10.1. The lowest BCUT2D eigenvalue weighted by Gasteiger charge is -2.33. The van der Waals surface area contributed by atoms with Crippen molar-refractivity contribution in [1.29, 1.82) is 0 Å². The van der Waals surface area contributed by atoms with E-state index in [2.05, 4.69) is 21.2 Å². The van der Waals surface area contributed by atoms with Crippen molar-refractivity contribution in [3.8, 4) is 5.75 Å². The second kappa shape index (κ2) is 14.0. The number of amides is 2. The van der Waals surface area contributed by atoms with E-state index in [1.807, 2.05) is 38.1 Å². The van der Waals surface area contributed by atoms with E-state index < -0.39 is 28.5 Å². The minimum absolute atomic E-state index is 0.00755. The summed E-state index contributed by atoms with van der Waals surface area (Å²) in [5.41, 5.74) is 0.880. The molecule has 0 aliphatic heterocycles. The van der Waals surface area contributed by atoms with E-state index >= 15 is 0 Å². The zero-order chi connectivity index (χ0) is 29.4. The van der Waals surface area contributed by atoms with Crippen LogP contribution in [0.5, 0.6) is 5.75 Å². The summed E-state index contributed by atoms with van der Waals surface area (Å²) >= 11 is 9.67. The van der Waals surface area contributed by atoms with E-state index in [4.69, 9.17) is 16.3 Å². The highest BCUT2D eigenvalue weighted by Crippen LogP contribution is 2.35. The fourth-order valence-corrected chi connectivity index (χ4v) is 5.79. The van der Waals surface area contributed by atoms with Crippen molar-refractivity contribution in [2.75, 3.05) is 18.0 Å². The molecule has 0 saturated heterocycles. The minimum Gasteiger partial charge on any atom is -0.495 e. The van der Waals surface area contributed by atoms with Gasteiger partial charge in [0, 0.05) is 22.1 Å². The second-order valence-electron chi connectivity index (χ2n) is 9.28. The SMILES string of the molecule is CC[C@@H](C)NC(=O)[C@@H](C)N(Cc1ccc(Br)cc1)C(=O)CN(c1cc(Cl)ccc1OC)S(=O)(=O)c1ccccc1. The van der Waals surface area contributed by atoms with E-state index in [-0.39, 0.29) is 39.8 Å². The Morgan fingerprint density at radius 2 is 1.68 bits per heavy atom. The number of anilines is 1. The molecule has 0 aliphatic rings. The monoisotopic (exact) mass is 649 g/mol. The number of nitrogens with one attached hydrogen (secondary N) is 1. The van der Waals surface area contributed by atoms with Crippen molar-refractivity contribution >= 4 is 55.1 Å². The highest BCUT2D eigenvalue weighted by molar-refractivity contribution is 9.10. The molecule has 0 unspecified atom stereocenters. The lowest BCUT2D eigenvalue weighted by Crippen LogP contribution is -2.52. The predicted octanol–water partition coefficient (Wildman–Crippen LogP) is 5.64. The third-order valence-corrected chi connectivity index (χ3v) is 8.99. The Balaban J connectivity index is 2.08. The Morgan fingerprint density at radius 3 is 2.27 bits per heavy atom. The number of rotatable bonds is 12. The van der Waals surface area contributed by atoms with Gasteiger partial charge in [-0.3, -0.25) is 13.9 Å². The molecule has 3 aromatic carbocycles. The summed E-state index contributed by atoms with van der Waals surface area (Å²) < 4.78 is 35.1. The molecule has 0 saturated carbocycles. The number of nitrogens with zero attached hydrogens (tertiary/aromatic N) is 2. The number of benzene rings is 3. The molecule has 11 heteroatoms. The first-order chi connectivity index (χ1) is 19.0. The Hall–Kier alpha value is -3.08. The van der Waals surface area contributed by atoms with Crippen LogP contribution in [0.3, 0.4) is 0 Å². The molecule has 0 heterocycles. The van der Waals surface area contributed by atoms with Gasteiger partial charge in [0.15, 0.2) is 0 Å². The Kier molecular flexibility index (Phi) is 11.0. The first-order valence-corrected chi connectivity index (χ1v) is 15.3. The van der Waals surface area contributed by atoms with Crippen LogP contribution >= 0.6 is 27.5 Å². The molecule has 2 amide bonds. The van der Waals surface area contributed by atoms with Crippen LogP contribution in [-0.4, -0.2) is 50.9 Å². The van der Waals surface area contributed by atoms with Gasteiger partial charge < -0.3 is 15.0 Å². The normalized spacial score (nSPS) is 12.8. The van der Waals surface area contributed by atoms with Gasteiger partial charge in [-0.1, -0.05) is 64.8 Å². The summed E-state index contributed by atoms with van der Waals surface area (Å²) in [5.74, 6) is -0.687. The molecule has 0 radical (unpaired) electrons. The molecule has 214 valence electrons. The molecule has 0 aromatic heterocycles. The van der Waals surface area contributed by atoms with Gasteiger partial charge >= 0.3 is 0 Å². The number of halogens is 2. The molecule has 3 aromatic rings. The van der Waals surface area contributed by atoms with Crippen LogP contribution in [0.2, 0.25) is 5.02 Å². The van der Waals surface area contributed by atoms with Crippen molar-refractivity contribution in [3.05, 3.63) is 87.9 Å². The van der Waals surface area contributed by atoms with Gasteiger partial charge in [-0.25, -0.2) is 8.42 Å². The summed E-state index contributed by atoms with van der Waals surface area (Å²) in [6.07, 6.45) is 0.719. The average Bonchev–Trinajstić information content (AvgIpc) is 2.95. The fourth-order valence-electron chi connectivity index (χ4n) is 3.93. The Morgan fingerprint density at radius 1 is 1.02 bits per heavy atom. The number of ether oxygens (including phenoxy) is 1. The zero-order valence-corrected chi connectivity index (χ0v) is 26.0. The van der Waals surface area contributed by atoms with Gasteiger partial charge in [-0.15, -0.1) is 0 Å². The molecular formula is C29H33BrClN3O5S. The van der Waals surface area contributed by atoms with E-state index in [1.165, 1.54) is 36.3 Å². The number of hydrogen-bond acceptors (Lipinski definition) is 5. The van der Waals surface area contributed by atoms with E-state index in [1.54, 1.807) is 31.2 Å². The molecular weight excluding hydrogens is 618 g/mol. The van der Waals surface area contributed by atoms with E-state index in [9.17, 15) is 18.0 Å². The van der Waals surface area contributed by atoms with Crippen molar-refractivity contribution in [2.45, 2.75) is 50.7 Å². The standard InChI is InChI=1S/C29H33BrClN3O5S/c1-5-20(2)32-29(36)21(3)33(18-22-11-13-23(30)14-12-22)28(35)19-34(26-17-24(31)15-16-27(26)39-4)40(37,38)25-9-7-6-8-10-25/h6-17,20-21H,5,18-19H2,1-4H3,(H,32,36)/t20-,21-/m1/s1. The van der Waals surface area contributed by atoms with Gasteiger partial charge in [0.1, 0.15) is 18.3 Å². The summed E-state index contributed by atoms with van der Waals surface area (Å²) in [5, 5.41) is 3.18. The van der Waals surface area contributed by atoms with Gasteiger partial charge in [-0.05, 0) is 68.3 Å². The summed E-state index contributed by atoms with van der Waals surface area (Å²) in [7, 11) is -2.83. The number of carbonyl (C=O) groups excluding carboxylic acids is 2. The lowest BCUT2D eigenvalue weighted by molar-refractivity contribution is -0.139. The van der Waals surface area contributed by atoms with Crippen LogP contribution in [0, 0.1) is 0 Å². The van der Waals surface area contributed by atoms with Crippen molar-refractivity contribution in [2.24, 2.45) is 0 Å². The maximum Gasteiger partial charge on any atom is 0.264 e. The molecule has 3 rings (SSSR count). The third kappa shape index (κ3) is 7.77.